The molecule has 0 aliphatic carbocycles. The van der Waals surface area contributed by atoms with Crippen molar-refractivity contribution in [3.63, 3.8) is 0 Å². The van der Waals surface area contributed by atoms with Gasteiger partial charge >= 0.3 is 0 Å². The molecule has 1 atom stereocenters. The first-order valence-electron chi connectivity index (χ1n) is 4.45. The Morgan fingerprint density at radius 2 is 1.92 bits per heavy atom. The average Bonchev–Trinajstić information content (AvgIpc) is 2.04. The SMILES string of the molecule is CCC(C)NCCS(=O)(=O)CC. The molecule has 1 N–H and O–H groups in total. The van der Waals surface area contributed by atoms with Gasteiger partial charge in [-0.2, -0.15) is 0 Å². The Morgan fingerprint density at radius 3 is 2.33 bits per heavy atom. The highest BCUT2D eigenvalue weighted by Gasteiger charge is 2.06. The summed E-state index contributed by atoms with van der Waals surface area (Å²) in [6, 6.07) is 0.414. The van der Waals surface area contributed by atoms with E-state index in [0.717, 1.165) is 6.42 Å². The second-order valence-electron chi connectivity index (χ2n) is 3.00. The van der Waals surface area contributed by atoms with Crippen molar-refractivity contribution in [2.45, 2.75) is 33.2 Å². The summed E-state index contributed by atoms with van der Waals surface area (Å²) in [5, 5.41) is 3.14. The third-order valence-electron chi connectivity index (χ3n) is 1.96. The van der Waals surface area contributed by atoms with Crippen LogP contribution in [-0.2, 0) is 9.84 Å². The molecule has 0 aromatic rings. The summed E-state index contributed by atoms with van der Waals surface area (Å²) in [4.78, 5) is 0. The van der Waals surface area contributed by atoms with Gasteiger partial charge in [0.1, 0.15) is 0 Å². The summed E-state index contributed by atoms with van der Waals surface area (Å²) in [5.41, 5.74) is 0. The van der Waals surface area contributed by atoms with Crippen LogP contribution in [0, 0.1) is 0 Å². The molecule has 0 aromatic heterocycles. The molecule has 0 bridgehead atoms. The number of hydrogen-bond donors (Lipinski definition) is 1. The smallest absolute Gasteiger partial charge is 0.151 e. The van der Waals surface area contributed by atoms with Gasteiger partial charge < -0.3 is 5.32 Å². The molecule has 0 aromatic carbocycles. The monoisotopic (exact) mass is 193 g/mol. The van der Waals surface area contributed by atoms with Gasteiger partial charge in [0.15, 0.2) is 9.84 Å². The van der Waals surface area contributed by atoms with E-state index < -0.39 is 9.84 Å². The predicted molar refractivity (Wildman–Crippen MR) is 52.1 cm³/mol. The largest absolute Gasteiger partial charge is 0.313 e. The van der Waals surface area contributed by atoms with Crippen molar-refractivity contribution in [3.05, 3.63) is 0 Å². The van der Waals surface area contributed by atoms with Crippen molar-refractivity contribution in [1.29, 1.82) is 0 Å². The van der Waals surface area contributed by atoms with Crippen LogP contribution < -0.4 is 5.32 Å². The van der Waals surface area contributed by atoms with E-state index in [0.29, 0.717) is 12.6 Å². The van der Waals surface area contributed by atoms with Crippen LogP contribution in [0.3, 0.4) is 0 Å². The second-order valence-corrected chi connectivity index (χ2v) is 5.47. The second kappa shape index (κ2) is 5.54. The molecular weight excluding hydrogens is 174 g/mol. The fraction of sp³-hybridized carbons (Fsp3) is 1.00. The molecule has 0 aliphatic heterocycles. The third kappa shape index (κ3) is 5.55. The summed E-state index contributed by atoms with van der Waals surface area (Å²) < 4.78 is 22.1. The molecule has 0 saturated heterocycles. The van der Waals surface area contributed by atoms with Crippen LogP contribution in [0.25, 0.3) is 0 Å². The van der Waals surface area contributed by atoms with Gasteiger partial charge in [0.25, 0.3) is 0 Å². The Labute approximate surface area is 75.5 Å². The number of sulfone groups is 1. The molecule has 74 valence electrons. The molecule has 4 heteroatoms. The van der Waals surface area contributed by atoms with Crippen LogP contribution in [0.15, 0.2) is 0 Å². The maximum absolute atomic E-state index is 11.0. The van der Waals surface area contributed by atoms with Crippen molar-refractivity contribution in [2.75, 3.05) is 18.1 Å². The number of hydrogen-bond acceptors (Lipinski definition) is 3. The molecule has 0 rings (SSSR count). The zero-order chi connectivity index (χ0) is 9.61. The van der Waals surface area contributed by atoms with Crippen LogP contribution in [-0.4, -0.2) is 32.5 Å². The maximum Gasteiger partial charge on any atom is 0.151 e. The van der Waals surface area contributed by atoms with E-state index >= 15 is 0 Å². The van der Waals surface area contributed by atoms with E-state index in [-0.39, 0.29) is 11.5 Å². The quantitative estimate of drug-likeness (QED) is 0.679. The van der Waals surface area contributed by atoms with Crippen molar-refractivity contribution >= 4 is 9.84 Å². The minimum atomic E-state index is -2.79. The Morgan fingerprint density at radius 1 is 1.33 bits per heavy atom. The molecule has 0 spiro atoms. The van der Waals surface area contributed by atoms with Gasteiger partial charge in [0.2, 0.25) is 0 Å². The van der Waals surface area contributed by atoms with Gasteiger partial charge in [0, 0.05) is 18.3 Å². The highest BCUT2D eigenvalue weighted by molar-refractivity contribution is 7.91. The summed E-state index contributed by atoms with van der Waals surface area (Å²) in [6.45, 7) is 6.38. The van der Waals surface area contributed by atoms with Crippen molar-refractivity contribution < 1.29 is 8.42 Å². The Bertz CT molecular complexity index is 199. The molecular formula is C8H19NO2S. The lowest BCUT2D eigenvalue weighted by molar-refractivity contribution is 0.545. The van der Waals surface area contributed by atoms with Crippen LogP contribution in [0.2, 0.25) is 0 Å². The summed E-state index contributed by atoms with van der Waals surface area (Å²) in [5.74, 6) is 0.503. The van der Waals surface area contributed by atoms with Gasteiger partial charge in [-0.15, -0.1) is 0 Å². The molecule has 1 unspecified atom stereocenters. The normalized spacial score (nSPS) is 14.6. The minimum Gasteiger partial charge on any atom is -0.313 e. The highest BCUT2D eigenvalue weighted by Crippen LogP contribution is 1.90. The van der Waals surface area contributed by atoms with Gasteiger partial charge in [-0.05, 0) is 13.3 Å². The van der Waals surface area contributed by atoms with Crippen LogP contribution in [0.1, 0.15) is 27.2 Å². The molecule has 0 fully saturated rings. The summed E-state index contributed by atoms with van der Waals surface area (Å²) in [6.07, 6.45) is 1.03. The van der Waals surface area contributed by atoms with Gasteiger partial charge in [-0.3, -0.25) is 0 Å². The molecule has 0 saturated carbocycles. The lowest BCUT2D eigenvalue weighted by Crippen LogP contribution is -2.30. The van der Waals surface area contributed by atoms with Gasteiger partial charge in [-0.25, -0.2) is 8.42 Å². The Balaban J connectivity index is 3.57. The predicted octanol–water partition coefficient (Wildman–Crippen LogP) is 0.809. The van der Waals surface area contributed by atoms with Crippen molar-refractivity contribution in [2.24, 2.45) is 0 Å². The molecule has 0 heterocycles. The van der Waals surface area contributed by atoms with E-state index in [1.807, 2.05) is 0 Å². The minimum absolute atomic E-state index is 0.245. The molecule has 12 heavy (non-hydrogen) atoms. The number of nitrogens with one attached hydrogen (secondary N) is 1. The van der Waals surface area contributed by atoms with Gasteiger partial charge in [0.05, 0.1) is 5.75 Å². The number of rotatable bonds is 6. The zero-order valence-electron chi connectivity index (χ0n) is 8.13. The Kier molecular flexibility index (Phi) is 5.50. The van der Waals surface area contributed by atoms with E-state index in [9.17, 15) is 8.42 Å². The van der Waals surface area contributed by atoms with Crippen molar-refractivity contribution in [3.8, 4) is 0 Å². The van der Waals surface area contributed by atoms with Gasteiger partial charge in [-0.1, -0.05) is 13.8 Å². The van der Waals surface area contributed by atoms with E-state index in [1.54, 1.807) is 6.92 Å². The van der Waals surface area contributed by atoms with Crippen LogP contribution in [0.4, 0.5) is 0 Å². The molecule has 3 nitrogen and oxygen atoms in total. The first-order valence-corrected chi connectivity index (χ1v) is 6.27. The lowest BCUT2D eigenvalue weighted by Gasteiger charge is -2.10. The topological polar surface area (TPSA) is 46.2 Å². The summed E-state index contributed by atoms with van der Waals surface area (Å²) >= 11 is 0. The molecule has 0 amide bonds. The van der Waals surface area contributed by atoms with Crippen LogP contribution in [0.5, 0.6) is 0 Å². The first-order chi connectivity index (χ1) is 5.52. The lowest BCUT2D eigenvalue weighted by atomic mass is 10.3. The van der Waals surface area contributed by atoms with E-state index in [1.165, 1.54) is 0 Å². The average molecular weight is 193 g/mol. The highest BCUT2D eigenvalue weighted by atomic mass is 32.2. The fourth-order valence-electron chi connectivity index (χ4n) is 0.750. The molecule has 0 radical (unpaired) electrons. The zero-order valence-corrected chi connectivity index (χ0v) is 8.95. The van der Waals surface area contributed by atoms with E-state index in [4.69, 9.17) is 0 Å². The Hall–Kier alpha value is -0.0900. The molecule has 0 aliphatic rings. The third-order valence-corrected chi connectivity index (χ3v) is 3.66. The van der Waals surface area contributed by atoms with E-state index in [2.05, 4.69) is 19.2 Å². The summed E-state index contributed by atoms with van der Waals surface area (Å²) in [7, 11) is -2.79. The van der Waals surface area contributed by atoms with Crippen LogP contribution >= 0.6 is 0 Å². The maximum atomic E-state index is 11.0. The van der Waals surface area contributed by atoms with Crippen molar-refractivity contribution in [1.82, 2.24) is 5.32 Å². The standard InChI is InChI=1S/C8H19NO2S/c1-4-8(3)9-6-7-12(10,11)5-2/h8-9H,4-7H2,1-3H3. The first kappa shape index (κ1) is 11.9. The fourth-order valence-corrected chi connectivity index (χ4v) is 1.47.